The smallest absolute Gasteiger partial charge is 0.377 e. The first-order valence-corrected chi connectivity index (χ1v) is 7.61. The lowest BCUT2D eigenvalue weighted by atomic mass is 10.1. The van der Waals surface area contributed by atoms with Gasteiger partial charge in [0.05, 0.1) is 5.56 Å². The highest BCUT2D eigenvalue weighted by Crippen LogP contribution is 2.30. The number of hydrogen-bond acceptors (Lipinski definition) is 3. The summed E-state index contributed by atoms with van der Waals surface area (Å²) in [5.74, 6) is 0. The molecule has 19 heavy (non-hydrogen) atoms. The molecule has 0 atom stereocenters. The SMILES string of the molecule is CO[Si](CCc1cccc(C(F)(F)F)c1)(OC)OC. The van der Waals surface area contributed by atoms with Gasteiger partial charge in [0.1, 0.15) is 0 Å². The van der Waals surface area contributed by atoms with Crippen molar-refractivity contribution in [2.75, 3.05) is 21.3 Å². The molecule has 0 radical (unpaired) electrons. The van der Waals surface area contributed by atoms with Crippen molar-refractivity contribution in [3.05, 3.63) is 35.4 Å². The van der Waals surface area contributed by atoms with Gasteiger partial charge in [-0.25, -0.2) is 0 Å². The molecule has 0 bridgehead atoms. The topological polar surface area (TPSA) is 27.7 Å². The van der Waals surface area contributed by atoms with Crippen LogP contribution in [0.15, 0.2) is 24.3 Å². The zero-order valence-electron chi connectivity index (χ0n) is 11.1. The summed E-state index contributed by atoms with van der Waals surface area (Å²) < 4.78 is 53.4. The van der Waals surface area contributed by atoms with Crippen LogP contribution in [0.2, 0.25) is 6.04 Å². The molecule has 0 saturated carbocycles. The molecule has 0 unspecified atom stereocenters. The molecule has 0 spiro atoms. The van der Waals surface area contributed by atoms with Gasteiger partial charge in [-0.1, -0.05) is 18.2 Å². The van der Waals surface area contributed by atoms with Gasteiger partial charge in [-0.2, -0.15) is 13.2 Å². The third-order valence-electron chi connectivity index (χ3n) is 2.91. The largest absolute Gasteiger partial charge is 0.500 e. The van der Waals surface area contributed by atoms with Gasteiger partial charge < -0.3 is 13.3 Å². The van der Waals surface area contributed by atoms with Crippen LogP contribution in [0.5, 0.6) is 0 Å². The molecule has 0 heterocycles. The molecular weight excluding hydrogens is 277 g/mol. The number of benzene rings is 1. The summed E-state index contributed by atoms with van der Waals surface area (Å²) in [6, 6.07) is 5.66. The molecular formula is C12H17F3O3Si. The van der Waals surface area contributed by atoms with Crippen molar-refractivity contribution in [1.29, 1.82) is 0 Å². The van der Waals surface area contributed by atoms with Crippen molar-refractivity contribution >= 4 is 8.80 Å². The van der Waals surface area contributed by atoms with Crippen molar-refractivity contribution in [3.63, 3.8) is 0 Å². The van der Waals surface area contributed by atoms with Crippen LogP contribution in [0.4, 0.5) is 13.2 Å². The lowest BCUT2D eigenvalue weighted by molar-refractivity contribution is -0.137. The lowest BCUT2D eigenvalue weighted by Crippen LogP contribution is -2.43. The second kappa shape index (κ2) is 6.51. The Morgan fingerprint density at radius 2 is 1.63 bits per heavy atom. The van der Waals surface area contributed by atoms with Crippen molar-refractivity contribution in [2.45, 2.75) is 18.6 Å². The maximum Gasteiger partial charge on any atom is 0.500 e. The Morgan fingerprint density at radius 3 is 2.11 bits per heavy atom. The third kappa shape index (κ3) is 4.31. The van der Waals surface area contributed by atoms with Crippen LogP contribution in [-0.4, -0.2) is 30.1 Å². The van der Waals surface area contributed by atoms with E-state index in [0.29, 0.717) is 18.0 Å². The molecule has 1 aromatic carbocycles. The zero-order valence-corrected chi connectivity index (χ0v) is 12.1. The van der Waals surface area contributed by atoms with E-state index in [1.165, 1.54) is 27.4 Å². The Hall–Kier alpha value is -0.893. The van der Waals surface area contributed by atoms with E-state index >= 15 is 0 Å². The van der Waals surface area contributed by atoms with Gasteiger partial charge in [0.2, 0.25) is 0 Å². The number of hydrogen-bond donors (Lipinski definition) is 0. The molecule has 0 aromatic heterocycles. The number of alkyl halides is 3. The highest BCUT2D eigenvalue weighted by Gasteiger charge is 2.37. The van der Waals surface area contributed by atoms with Crippen LogP contribution in [0, 0.1) is 0 Å². The van der Waals surface area contributed by atoms with Crippen LogP contribution in [-0.2, 0) is 25.9 Å². The van der Waals surface area contributed by atoms with Crippen LogP contribution in [0.3, 0.4) is 0 Å². The Balaban J connectivity index is 2.78. The second-order valence-electron chi connectivity index (χ2n) is 3.99. The predicted molar refractivity (Wildman–Crippen MR) is 66.7 cm³/mol. The highest BCUT2D eigenvalue weighted by molar-refractivity contribution is 6.60. The van der Waals surface area contributed by atoms with Gasteiger partial charge in [0.15, 0.2) is 0 Å². The Labute approximate surface area is 111 Å². The van der Waals surface area contributed by atoms with Crippen molar-refractivity contribution in [2.24, 2.45) is 0 Å². The van der Waals surface area contributed by atoms with E-state index in [1.807, 2.05) is 0 Å². The monoisotopic (exact) mass is 294 g/mol. The molecule has 0 amide bonds. The zero-order chi connectivity index (χ0) is 14.5. The van der Waals surface area contributed by atoms with E-state index < -0.39 is 20.5 Å². The number of halogens is 3. The molecule has 0 aliphatic heterocycles. The van der Waals surface area contributed by atoms with Crippen LogP contribution in [0.25, 0.3) is 0 Å². The van der Waals surface area contributed by atoms with E-state index in [9.17, 15) is 13.2 Å². The summed E-state index contributed by atoms with van der Waals surface area (Å²) in [5, 5.41) is 0. The van der Waals surface area contributed by atoms with Gasteiger partial charge in [-0.3, -0.25) is 0 Å². The summed E-state index contributed by atoms with van der Waals surface area (Å²) in [7, 11) is 1.69. The van der Waals surface area contributed by atoms with E-state index in [4.69, 9.17) is 13.3 Å². The first-order valence-electron chi connectivity index (χ1n) is 5.68. The molecule has 1 rings (SSSR count). The highest BCUT2D eigenvalue weighted by atomic mass is 28.4. The summed E-state index contributed by atoms with van der Waals surface area (Å²) in [5.41, 5.74) is -0.0673. The van der Waals surface area contributed by atoms with Crippen molar-refractivity contribution < 1.29 is 26.4 Å². The van der Waals surface area contributed by atoms with Gasteiger partial charge in [0, 0.05) is 27.4 Å². The quantitative estimate of drug-likeness (QED) is 0.754. The molecule has 7 heteroatoms. The van der Waals surface area contributed by atoms with Crippen LogP contribution < -0.4 is 0 Å². The molecule has 0 N–H and O–H groups in total. The van der Waals surface area contributed by atoms with E-state index in [0.717, 1.165) is 12.1 Å². The van der Waals surface area contributed by atoms with E-state index in [1.54, 1.807) is 6.07 Å². The Bertz CT molecular complexity index is 397. The first-order chi connectivity index (χ1) is 8.87. The normalized spacial score (nSPS) is 12.7. The summed E-state index contributed by atoms with van der Waals surface area (Å²) in [6.07, 6.45) is -3.92. The van der Waals surface area contributed by atoms with Crippen LogP contribution >= 0.6 is 0 Å². The molecule has 0 aliphatic carbocycles. The van der Waals surface area contributed by atoms with Gasteiger partial charge in [-0.05, 0) is 18.1 Å². The van der Waals surface area contributed by atoms with Gasteiger partial charge >= 0.3 is 15.0 Å². The molecule has 0 fully saturated rings. The van der Waals surface area contributed by atoms with Gasteiger partial charge in [0.25, 0.3) is 0 Å². The Kier molecular flexibility index (Phi) is 5.54. The average molecular weight is 294 g/mol. The fourth-order valence-electron chi connectivity index (χ4n) is 1.76. The van der Waals surface area contributed by atoms with Crippen molar-refractivity contribution in [1.82, 2.24) is 0 Å². The first kappa shape index (κ1) is 16.2. The fraction of sp³-hybridized carbons (Fsp3) is 0.500. The van der Waals surface area contributed by atoms with E-state index in [2.05, 4.69) is 0 Å². The Morgan fingerprint density at radius 1 is 1.05 bits per heavy atom. The van der Waals surface area contributed by atoms with Crippen molar-refractivity contribution in [3.8, 4) is 0 Å². The average Bonchev–Trinajstić information content (AvgIpc) is 2.40. The molecule has 0 aliphatic rings. The molecule has 0 saturated heterocycles. The standard InChI is InChI=1S/C12H17F3O3Si/c1-16-19(17-2,18-3)8-7-10-5-4-6-11(9-10)12(13,14)15/h4-6,9H,7-8H2,1-3H3. The van der Waals surface area contributed by atoms with Crippen LogP contribution in [0.1, 0.15) is 11.1 Å². The molecule has 108 valence electrons. The lowest BCUT2D eigenvalue weighted by Gasteiger charge is -2.24. The predicted octanol–water partition coefficient (Wildman–Crippen LogP) is 3.13. The molecule has 3 nitrogen and oxygen atoms in total. The minimum atomic E-state index is -4.33. The maximum atomic E-state index is 12.6. The van der Waals surface area contributed by atoms with Gasteiger partial charge in [-0.15, -0.1) is 0 Å². The number of rotatable bonds is 6. The van der Waals surface area contributed by atoms with E-state index in [-0.39, 0.29) is 0 Å². The number of aryl methyl sites for hydroxylation is 1. The minimum Gasteiger partial charge on any atom is -0.377 e. The summed E-state index contributed by atoms with van der Waals surface area (Å²) in [6.45, 7) is 0. The minimum absolute atomic E-state index is 0.408. The fourth-order valence-corrected chi connectivity index (χ4v) is 3.46. The molecule has 1 aromatic rings. The second-order valence-corrected chi connectivity index (χ2v) is 7.08. The maximum absolute atomic E-state index is 12.6. The summed E-state index contributed by atoms with van der Waals surface area (Å²) in [4.78, 5) is 0. The third-order valence-corrected chi connectivity index (χ3v) is 5.64. The summed E-state index contributed by atoms with van der Waals surface area (Å²) >= 11 is 0.